The van der Waals surface area contributed by atoms with E-state index in [0.29, 0.717) is 40.5 Å². The molecule has 0 radical (unpaired) electrons. The summed E-state index contributed by atoms with van der Waals surface area (Å²) in [6.45, 7) is 3.37. The van der Waals surface area contributed by atoms with Crippen LogP contribution in [0, 0.1) is 6.92 Å². The van der Waals surface area contributed by atoms with Crippen LogP contribution in [0.4, 0.5) is 24.7 Å². The van der Waals surface area contributed by atoms with E-state index in [0.717, 1.165) is 12.5 Å². The number of fused-ring (bicyclic) bond motifs is 1. The number of nitrogens with one attached hydrogen (secondary N) is 1. The number of aryl methyl sites for hydroxylation is 1. The number of pyridine rings is 1. The molecule has 0 spiro atoms. The lowest BCUT2D eigenvalue weighted by Crippen LogP contribution is -2.41. The van der Waals surface area contributed by atoms with Crippen molar-refractivity contribution in [1.29, 1.82) is 0 Å². The first-order valence-corrected chi connectivity index (χ1v) is 10.4. The van der Waals surface area contributed by atoms with Gasteiger partial charge in [-0.15, -0.1) is 0 Å². The van der Waals surface area contributed by atoms with Gasteiger partial charge in [0.15, 0.2) is 11.5 Å². The number of ether oxygens (including phenoxy) is 2. The molecule has 33 heavy (non-hydrogen) atoms. The third kappa shape index (κ3) is 4.72. The molecule has 11 heteroatoms. The lowest BCUT2D eigenvalue weighted by molar-refractivity contribution is -0.141. The summed E-state index contributed by atoms with van der Waals surface area (Å²) in [5, 5.41) is 13.6. The maximum Gasteiger partial charge on any atom is 0.433 e. The number of aromatic nitrogens is 3. The van der Waals surface area contributed by atoms with Crippen molar-refractivity contribution in [1.82, 2.24) is 15.0 Å². The number of rotatable bonds is 6. The molecule has 2 unspecified atom stereocenters. The molecule has 4 N–H and O–H groups in total. The summed E-state index contributed by atoms with van der Waals surface area (Å²) in [7, 11) is 1.50. The van der Waals surface area contributed by atoms with Crippen LogP contribution in [-0.2, 0) is 6.18 Å². The predicted molar refractivity (Wildman–Crippen MR) is 116 cm³/mol. The highest BCUT2D eigenvalue weighted by Crippen LogP contribution is 2.38. The van der Waals surface area contributed by atoms with E-state index >= 15 is 0 Å². The van der Waals surface area contributed by atoms with Crippen molar-refractivity contribution in [3.63, 3.8) is 0 Å². The molecule has 3 atom stereocenters. The van der Waals surface area contributed by atoms with Gasteiger partial charge < -0.3 is 25.6 Å². The molecule has 4 rings (SSSR count). The van der Waals surface area contributed by atoms with Crippen LogP contribution in [0.2, 0.25) is 0 Å². The summed E-state index contributed by atoms with van der Waals surface area (Å²) in [6.07, 6.45) is -4.11. The third-order valence-electron chi connectivity index (χ3n) is 5.50. The van der Waals surface area contributed by atoms with E-state index in [1.165, 1.54) is 13.2 Å². The van der Waals surface area contributed by atoms with Crippen LogP contribution in [0.25, 0.3) is 10.9 Å². The quantitative estimate of drug-likeness (QED) is 0.502. The number of nitrogens with zero attached hydrogens (tertiary/aromatic N) is 3. The van der Waals surface area contributed by atoms with Gasteiger partial charge in [-0.05, 0) is 44.9 Å². The first kappa shape index (κ1) is 22.8. The molecule has 1 saturated carbocycles. The second-order valence-corrected chi connectivity index (χ2v) is 8.02. The molecular formula is C22H24F3N5O3. The number of alkyl halides is 3. The molecule has 2 aromatic heterocycles. The Labute approximate surface area is 188 Å². The molecule has 1 aliphatic rings. The van der Waals surface area contributed by atoms with Crippen LogP contribution in [0.15, 0.2) is 24.3 Å². The summed E-state index contributed by atoms with van der Waals surface area (Å²) in [4.78, 5) is 12.6. The van der Waals surface area contributed by atoms with Gasteiger partial charge in [0.1, 0.15) is 23.4 Å². The van der Waals surface area contributed by atoms with Crippen LogP contribution >= 0.6 is 0 Å². The van der Waals surface area contributed by atoms with Gasteiger partial charge in [0.25, 0.3) is 0 Å². The molecule has 176 valence electrons. The third-order valence-corrected chi connectivity index (χ3v) is 5.50. The van der Waals surface area contributed by atoms with Gasteiger partial charge in [0.05, 0.1) is 30.5 Å². The molecule has 1 aromatic carbocycles. The van der Waals surface area contributed by atoms with E-state index in [4.69, 9.17) is 15.2 Å². The lowest BCUT2D eigenvalue weighted by Gasteiger charge is -2.33. The van der Waals surface area contributed by atoms with Crippen LogP contribution in [0.1, 0.15) is 43.0 Å². The number of benzene rings is 1. The Bertz CT molecular complexity index is 1190. The van der Waals surface area contributed by atoms with Gasteiger partial charge in [-0.1, -0.05) is 0 Å². The SMILES string of the molecule is COc1cc2nc(C)nc(N[C@H](C)c3cc(N)cc(C(F)(F)F)n3)c2cc1OC1CCC1O. The fourth-order valence-electron chi connectivity index (χ4n) is 3.59. The van der Waals surface area contributed by atoms with E-state index in [1.807, 2.05) is 0 Å². The number of hydrogen-bond donors (Lipinski definition) is 3. The molecule has 8 nitrogen and oxygen atoms in total. The molecule has 2 heterocycles. The fourth-order valence-corrected chi connectivity index (χ4v) is 3.59. The molecule has 1 aliphatic carbocycles. The van der Waals surface area contributed by atoms with Crippen molar-refractivity contribution in [2.45, 2.75) is 51.1 Å². The van der Waals surface area contributed by atoms with Crippen molar-refractivity contribution in [3.05, 3.63) is 41.5 Å². The normalized spacial score (nSPS) is 19.1. The van der Waals surface area contributed by atoms with Gasteiger partial charge in [0, 0.05) is 17.1 Å². The number of aliphatic hydroxyl groups excluding tert-OH is 1. The standard InChI is InChI=1S/C22H24F3N5O3/c1-10(14-6-12(26)7-20(30-14)22(23,24)25)27-21-13-8-19(33-17-5-4-16(17)31)18(32-3)9-15(13)28-11(2)29-21/h6-10,16-17,31H,4-5H2,1-3H3,(H2,26,30)(H,27,28,29)/t10-,16?,17?/m1/s1. The van der Waals surface area contributed by atoms with E-state index in [-0.39, 0.29) is 17.5 Å². The monoisotopic (exact) mass is 463 g/mol. The van der Waals surface area contributed by atoms with E-state index in [1.54, 1.807) is 26.0 Å². The predicted octanol–water partition coefficient (Wildman–Crippen LogP) is 4.02. The number of methoxy groups -OCH3 is 1. The molecular weight excluding hydrogens is 439 g/mol. The average Bonchev–Trinajstić information content (AvgIpc) is 2.74. The smallest absolute Gasteiger partial charge is 0.433 e. The highest BCUT2D eigenvalue weighted by Gasteiger charge is 2.34. The number of nitrogen functional groups attached to an aromatic ring is 1. The summed E-state index contributed by atoms with van der Waals surface area (Å²) in [5.74, 6) is 1.72. The van der Waals surface area contributed by atoms with E-state index in [2.05, 4.69) is 20.3 Å². The zero-order valence-corrected chi connectivity index (χ0v) is 18.3. The zero-order chi connectivity index (χ0) is 23.9. The minimum atomic E-state index is -4.61. The minimum absolute atomic E-state index is 0.0378. The Kier molecular flexibility index (Phi) is 5.91. The summed E-state index contributed by atoms with van der Waals surface area (Å²) < 4.78 is 50.9. The Morgan fingerprint density at radius 1 is 1.12 bits per heavy atom. The number of anilines is 2. The molecule has 0 saturated heterocycles. The lowest BCUT2D eigenvalue weighted by atomic mass is 9.92. The van der Waals surface area contributed by atoms with Crippen molar-refractivity contribution in [2.24, 2.45) is 0 Å². The first-order valence-electron chi connectivity index (χ1n) is 10.4. The van der Waals surface area contributed by atoms with Crippen molar-refractivity contribution < 1.29 is 27.8 Å². The van der Waals surface area contributed by atoms with Crippen molar-refractivity contribution in [2.75, 3.05) is 18.2 Å². The first-order chi connectivity index (χ1) is 15.5. The van der Waals surface area contributed by atoms with Crippen molar-refractivity contribution >= 4 is 22.4 Å². The maximum absolute atomic E-state index is 13.2. The van der Waals surface area contributed by atoms with E-state index < -0.39 is 24.0 Å². The van der Waals surface area contributed by atoms with Crippen LogP contribution < -0.4 is 20.5 Å². The second-order valence-electron chi connectivity index (χ2n) is 8.02. The van der Waals surface area contributed by atoms with Crippen LogP contribution in [0.3, 0.4) is 0 Å². The van der Waals surface area contributed by atoms with Crippen molar-refractivity contribution in [3.8, 4) is 11.5 Å². The Hall–Kier alpha value is -3.34. The average molecular weight is 463 g/mol. The fraction of sp³-hybridized carbons (Fsp3) is 0.409. The zero-order valence-electron chi connectivity index (χ0n) is 18.3. The highest BCUT2D eigenvalue weighted by atomic mass is 19.4. The van der Waals surface area contributed by atoms with Gasteiger partial charge in [-0.25, -0.2) is 15.0 Å². The summed E-state index contributed by atoms with van der Waals surface area (Å²) in [5.41, 5.74) is 5.27. The van der Waals surface area contributed by atoms with Gasteiger partial charge in [0.2, 0.25) is 0 Å². The largest absolute Gasteiger partial charge is 0.493 e. The van der Waals surface area contributed by atoms with Gasteiger partial charge in [-0.2, -0.15) is 13.2 Å². The Morgan fingerprint density at radius 3 is 2.48 bits per heavy atom. The number of aliphatic hydroxyl groups is 1. The topological polar surface area (TPSA) is 115 Å². The molecule has 0 bridgehead atoms. The maximum atomic E-state index is 13.2. The number of hydrogen-bond acceptors (Lipinski definition) is 8. The molecule has 0 amide bonds. The van der Waals surface area contributed by atoms with E-state index in [9.17, 15) is 18.3 Å². The highest BCUT2D eigenvalue weighted by molar-refractivity contribution is 5.92. The minimum Gasteiger partial charge on any atom is -0.493 e. The van der Waals surface area contributed by atoms with Gasteiger partial charge >= 0.3 is 6.18 Å². The van der Waals surface area contributed by atoms with Gasteiger partial charge in [-0.3, -0.25) is 0 Å². The second kappa shape index (κ2) is 8.54. The molecule has 3 aromatic rings. The summed E-state index contributed by atoms with van der Waals surface area (Å²) >= 11 is 0. The van der Waals surface area contributed by atoms with Crippen LogP contribution in [0.5, 0.6) is 11.5 Å². The summed E-state index contributed by atoms with van der Waals surface area (Å²) in [6, 6.07) is 4.93. The number of nitrogens with two attached hydrogens (primary N) is 1. The number of halogens is 3. The molecule has 1 fully saturated rings. The Morgan fingerprint density at radius 2 is 1.88 bits per heavy atom. The van der Waals surface area contributed by atoms with Crippen LogP contribution in [-0.4, -0.2) is 39.4 Å². The Balaban J connectivity index is 1.72. The molecule has 0 aliphatic heterocycles.